The van der Waals surface area contributed by atoms with Crippen molar-refractivity contribution in [2.45, 2.75) is 32.2 Å². The molecule has 2 aliphatic rings. The third-order valence-electron chi connectivity index (χ3n) is 4.26. The average Bonchev–Trinajstić information content (AvgIpc) is 2.14. The SMILES string of the molecule is CC1CN(C)CCN1CC1(CS)CCC1. The quantitative estimate of drug-likeness (QED) is 0.735. The number of hydrogen-bond acceptors (Lipinski definition) is 3. The van der Waals surface area contributed by atoms with E-state index in [4.69, 9.17) is 0 Å². The molecule has 0 aromatic rings. The first kappa shape index (κ1) is 11.7. The van der Waals surface area contributed by atoms with Crippen molar-refractivity contribution >= 4 is 12.6 Å². The van der Waals surface area contributed by atoms with Gasteiger partial charge in [-0.1, -0.05) is 6.42 Å². The molecule has 0 bridgehead atoms. The van der Waals surface area contributed by atoms with Gasteiger partial charge in [0.2, 0.25) is 0 Å². The molecular weight excluding hydrogens is 204 g/mol. The van der Waals surface area contributed by atoms with Crippen LogP contribution in [0.4, 0.5) is 0 Å². The highest BCUT2D eigenvalue weighted by molar-refractivity contribution is 7.80. The maximum absolute atomic E-state index is 4.54. The maximum atomic E-state index is 4.54. The summed E-state index contributed by atoms with van der Waals surface area (Å²) < 4.78 is 0. The van der Waals surface area contributed by atoms with Crippen LogP contribution in [0.5, 0.6) is 0 Å². The number of nitrogens with zero attached hydrogens (tertiary/aromatic N) is 2. The molecule has 1 heterocycles. The molecule has 2 nitrogen and oxygen atoms in total. The van der Waals surface area contributed by atoms with Crippen molar-refractivity contribution in [3.63, 3.8) is 0 Å². The van der Waals surface area contributed by atoms with E-state index >= 15 is 0 Å². The van der Waals surface area contributed by atoms with Gasteiger partial charge in [-0.25, -0.2) is 0 Å². The van der Waals surface area contributed by atoms with E-state index in [9.17, 15) is 0 Å². The summed E-state index contributed by atoms with van der Waals surface area (Å²) in [6, 6.07) is 0.723. The zero-order valence-corrected chi connectivity index (χ0v) is 11.0. The lowest BCUT2D eigenvalue weighted by molar-refractivity contribution is 0.0294. The fraction of sp³-hybridized carbons (Fsp3) is 1.00. The van der Waals surface area contributed by atoms with Gasteiger partial charge in [0.25, 0.3) is 0 Å². The zero-order valence-electron chi connectivity index (χ0n) is 10.1. The third-order valence-corrected chi connectivity index (χ3v) is 4.93. The molecular formula is C12H24N2S. The molecule has 0 radical (unpaired) electrons. The number of rotatable bonds is 3. The minimum Gasteiger partial charge on any atom is -0.304 e. The molecule has 15 heavy (non-hydrogen) atoms. The van der Waals surface area contributed by atoms with Gasteiger partial charge >= 0.3 is 0 Å². The largest absolute Gasteiger partial charge is 0.304 e. The van der Waals surface area contributed by atoms with Crippen LogP contribution < -0.4 is 0 Å². The summed E-state index contributed by atoms with van der Waals surface area (Å²) in [6.07, 6.45) is 4.22. The molecule has 1 saturated heterocycles. The second kappa shape index (κ2) is 4.64. The first-order chi connectivity index (χ1) is 7.15. The molecule has 1 aliphatic heterocycles. The zero-order chi connectivity index (χ0) is 10.9. The van der Waals surface area contributed by atoms with E-state index in [0.29, 0.717) is 5.41 Å². The molecule has 2 rings (SSSR count). The van der Waals surface area contributed by atoms with Crippen LogP contribution in [0, 0.1) is 5.41 Å². The number of hydrogen-bond donors (Lipinski definition) is 1. The summed E-state index contributed by atoms with van der Waals surface area (Å²) in [6.45, 7) is 7.34. The minimum atomic E-state index is 0.563. The number of likely N-dealkylation sites (N-methyl/N-ethyl adjacent to an activating group) is 1. The van der Waals surface area contributed by atoms with Crippen LogP contribution in [0.3, 0.4) is 0 Å². The van der Waals surface area contributed by atoms with Gasteiger partial charge in [-0.15, -0.1) is 0 Å². The summed E-state index contributed by atoms with van der Waals surface area (Å²) in [4.78, 5) is 5.12. The fourth-order valence-corrected chi connectivity index (χ4v) is 3.30. The van der Waals surface area contributed by atoms with Gasteiger partial charge in [-0.05, 0) is 38.0 Å². The van der Waals surface area contributed by atoms with E-state index in [1.165, 1.54) is 45.4 Å². The average molecular weight is 228 g/mol. The van der Waals surface area contributed by atoms with E-state index in [-0.39, 0.29) is 0 Å². The molecule has 2 fully saturated rings. The monoisotopic (exact) mass is 228 g/mol. The Kier molecular flexibility index (Phi) is 3.63. The van der Waals surface area contributed by atoms with Crippen molar-refractivity contribution in [3.8, 4) is 0 Å². The summed E-state index contributed by atoms with van der Waals surface area (Å²) in [5.41, 5.74) is 0.563. The van der Waals surface area contributed by atoms with E-state index < -0.39 is 0 Å². The summed E-state index contributed by atoms with van der Waals surface area (Å²) in [5, 5.41) is 0. The molecule has 1 aliphatic carbocycles. The van der Waals surface area contributed by atoms with Gasteiger partial charge in [0.1, 0.15) is 0 Å². The third kappa shape index (κ3) is 2.51. The van der Waals surface area contributed by atoms with Gasteiger partial charge in [-0.2, -0.15) is 12.6 Å². The Labute approximate surface area is 99.4 Å². The molecule has 1 unspecified atom stereocenters. The van der Waals surface area contributed by atoms with Crippen LogP contribution in [-0.2, 0) is 0 Å². The Bertz CT molecular complexity index is 210. The predicted octanol–water partition coefficient (Wildman–Crippen LogP) is 1.72. The Morgan fingerprint density at radius 2 is 2.07 bits per heavy atom. The summed E-state index contributed by atoms with van der Waals surface area (Å²) in [5.74, 6) is 1.08. The normalized spacial score (nSPS) is 32.6. The van der Waals surface area contributed by atoms with Crippen LogP contribution in [0.15, 0.2) is 0 Å². The van der Waals surface area contributed by atoms with Crippen LogP contribution >= 0.6 is 12.6 Å². The molecule has 0 amide bonds. The fourth-order valence-electron chi connectivity index (χ4n) is 2.89. The van der Waals surface area contributed by atoms with Crippen LogP contribution in [-0.4, -0.2) is 54.8 Å². The smallest absolute Gasteiger partial charge is 0.0195 e. The topological polar surface area (TPSA) is 6.48 Å². The van der Waals surface area contributed by atoms with Crippen molar-refractivity contribution in [2.75, 3.05) is 39.0 Å². The highest BCUT2D eigenvalue weighted by Crippen LogP contribution is 2.42. The first-order valence-electron chi connectivity index (χ1n) is 6.19. The van der Waals surface area contributed by atoms with Gasteiger partial charge in [0.15, 0.2) is 0 Å². The molecule has 0 aromatic heterocycles. The van der Waals surface area contributed by atoms with Crippen molar-refractivity contribution < 1.29 is 0 Å². The minimum absolute atomic E-state index is 0.563. The summed E-state index contributed by atoms with van der Waals surface area (Å²) in [7, 11) is 2.23. The number of piperazine rings is 1. The van der Waals surface area contributed by atoms with Gasteiger partial charge in [0, 0.05) is 32.2 Å². The van der Waals surface area contributed by atoms with Crippen molar-refractivity contribution in [1.82, 2.24) is 9.80 Å². The van der Waals surface area contributed by atoms with Crippen LogP contribution in [0.25, 0.3) is 0 Å². The lowest BCUT2D eigenvalue weighted by Gasteiger charge is -2.48. The molecule has 1 saturated carbocycles. The van der Waals surface area contributed by atoms with Crippen LogP contribution in [0.1, 0.15) is 26.2 Å². The predicted molar refractivity (Wildman–Crippen MR) is 68.7 cm³/mol. The number of thiol groups is 1. The molecule has 1 atom stereocenters. The summed E-state index contributed by atoms with van der Waals surface area (Å²) >= 11 is 4.54. The maximum Gasteiger partial charge on any atom is 0.0195 e. The van der Waals surface area contributed by atoms with Crippen molar-refractivity contribution in [3.05, 3.63) is 0 Å². The van der Waals surface area contributed by atoms with E-state index in [0.717, 1.165) is 11.8 Å². The first-order valence-corrected chi connectivity index (χ1v) is 6.82. The van der Waals surface area contributed by atoms with E-state index in [1.807, 2.05) is 0 Å². The van der Waals surface area contributed by atoms with Crippen molar-refractivity contribution in [2.24, 2.45) is 5.41 Å². The Hall–Kier alpha value is 0.270. The van der Waals surface area contributed by atoms with E-state index in [2.05, 4.69) is 36.4 Å². The molecule has 88 valence electrons. The molecule has 0 aromatic carbocycles. The molecule has 3 heteroatoms. The standard InChI is InChI=1S/C12H24N2S/c1-11-8-13(2)6-7-14(11)9-12(10-15)4-3-5-12/h11,15H,3-10H2,1-2H3. The van der Waals surface area contributed by atoms with Crippen LogP contribution in [0.2, 0.25) is 0 Å². The van der Waals surface area contributed by atoms with Gasteiger partial charge in [-0.3, -0.25) is 4.90 Å². The van der Waals surface area contributed by atoms with Gasteiger partial charge < -0.3 is 4.90 Å². The Morgan fingerprint density at radius 3 is 2.53 bits per heavy atom. The van der Waals surface area contributed by atoms with Crippen molar-refractivity contribution in [1.29, 1.82) is 0 Å². The van der Waals surface area contributed by atoms with Gasteiger partial charge in [0.05, 0.1) is 0 Å². The lowest BCUT2D eigenvalue weighted by atomic mass is 9.69. The second-order valence-corrected chi connectivity index (χ2v) is 5.91. The Morgan fingerprint density at radius 1 is 1.33 bits per heavy atom. The molecule has 0 spiro atoms. The highest BCUT2D eigenvalue weighted by Gasteiger charge is 2.38. The Balaban J connectivity index is 1.88. The lowest BCUT2D eigenvalue weighted by Crippen LogP contribution is -2.55. The highest BCUT2D eigenvalue weighted by atomic mass is 32.1. The van der Waals surface area contributed by atoms with E-state index in [1.54, 1.807) is 0 Å². The molecule has 0 N–H and O–H groups in total. The second-order valence-electron chi connectivity index (χ2n) is 5.59.